The summed E-state index contributed by atoms with van der Waals surface area (Å²) in [5.41, 5.74) is 0.752. The van der Waals surface area contributed by atoms with Gasteiger partial charge in [0, 0.05) is 7.05 Å². The highest BCUT2D eigenvalue weighted by Gasteiger charge is 2.15. The van der Waals surface area contributed by atoms with E-state index in [0.29, 0.717) is 23.7 Å². The number of aromatic nitrogens is 4. The van der Waals surface area contributed by atoms with E-state index in [-0.39, 0.29) is 0 Å². The van der Waals surface area contributed by atoms with E-state index >= 15 is 0 Å². The highest BCUT2D eigenvalue weighted by Crippen LogP contribution is 2.22. The van der Waals surface area contributed by atoms with Gasteiger partial charge in [-0.1, -0.05) is 30.9 Å². The number of nitrogens with zero attached hydrogens (tertiary/aromatic N) is 4. The van der Waals surface area contributed by atoms with Crippen LogP contribution in [0, 0.1) is 0 Å². The van der Waals surface area contributed by atoms with Crippen molar-refractivity contribution in [2.75, 3.05) is 0 Å². The van der Waals surface area contributed by atoms with Gasteiger partial charge in [-0.2, -0.15) is 5.10 Å². The van der Waals surface area contributed by atoms with Crippen LogP contribution in [0.1, 0.15) is 37.9 Å². The largest absolute Gasteiger partial charge is 0.370 e. The molecule has 19 heavy (non-hydrogen) atoms. The van der Waals surface area contributed by atoms with E-state index in [0.717, 1.165) is 23.9 Å². The summed E-state index contributed by atoms with van der Waals surface area (Å²) in [5, 5.41) is 5.36. The van der Waals surface area contributed by atoms with Gasteiger partial charge in [0.1, 0.15) is 11.8 Å². The third-order valence-electron chi connectivity index (χ3n) is 3.59. The van der Waals surface area contributed by atoms with E-state index in [9.17, 15) is 0 Å². The smallest absolute Gasteiger partial charge is 0.162 e. The normalized spacial score (nSPS) is 17.2. The predicted molar refractivity (Wildman–Crippen MR) is 73.0 cm³/mol. The molecule has 3 rings (SSSR count). The molecular formula is C13H17ClN4O. The molecule has 0 atom stereocenters. The Hall–Kier alpha value is -1.20. The summed E-state index contributed by atoms with van der Waals surface area (Å²) < 4.78 is 7.58. The Labute approximate surface area is 116 Å². The fraction of sp³-hybridized carbons (Fsp3) is 0.615. The topological polar surface area (TPSA) is 52.8 Å². The molecule has 0 amide bonds. The van der Waals surface area contributed by atoms with E-state index < -0.39 is 0 Å². The van der Waals surface area contributed by atoms with Gasteiger partial charge in [0.25, 0.3) is 0 Å². The van der Waals surface area contributed by atoms with Gasteiger partial charge in [0.2, 0.25) is 0 Å². The van der Waals surface area contributed by atoms with Crippen LogP contribution in [0.25, 0.3) is 11.0 Å². The number of fused-ring (bicyclic) bond motifs is 1. The van der Waals surface area contributed by atoms with Crippen molar-refractivity contribution in [1.29, 1.82) is 0 Å². The highest BCUT2D eigenvalue weighted by atomic mass is 35.5. The molecule has 0 bridgehead atoms. The predicted octanol–water partition coefficient (Wildman–Crippen LogP) is 2.87. The molecule has 1 fully saturated rings. The molecule has 2 aromatic heterocycles. The van der Waals surface area contributed by atoms with E-state index in [1.807, 2.05) is 7.05 Å². The molecule has 0 unspecified atom stereocenters. The zero-order chi connectivity index (χ0) is 13.2. The molecule has 0 radical (unpaired) electrons. The van der Waals surface area contributed by atoms with Crippen molar-refractivity contribution < 1.29 is 4.74 Å². The van der Waals surface area contributed by atoms with Gasteiger partial charge >= 0.3 is 0 Å². The molecule has 2 aromatic rings. The van der Waals surface area contributed by atoms with Crippen molar-refractivity contribution in [3.05, 3.63) is 17.2 Å². The van der Waals surface area contributed by atoms with Crippen molar-refractivity contribution >= 4 is 22.6 Å². The molecule has 1 saturated carbocycles. The minimum absolute atomic E-state index is 0.346. The summed E-state index contributed by atoms with van der Waals surface area (Å²) in [7, 11) is 1.84. The molecule has 0 N–H and O–H groups in total. The molecule has 0 saturated heterocycles. The van der Waals surface area contributed by atoms with Gasteiger partial charge in [-0.05, 0) is 12.8 Å². The second-order valence-electron chi connectivity index (χ2n) is 5.01. The minimum atomic E-state index is 0.346. The van der Waals surface area contributed by atoms with Crippen LogP contribution in [0.3, 0.4) is 0 Å². The van der Waals surface area contributed by atoms with Crippen LogP contribution < -0.4 is 0 Å². The number of hydrogen-bond acceptors (Lipinski definition) is 4. The maximum atomic E-state index is 6.14. The quantitative estimate of drug-likeness (QED) is 0.811. The van der Waals surface area contributed by atoms with Crippen LogP contribution in [0.2, 0.25) is 5.15 Å². The number of ether oxygens (including phenoxy) is 1. The molecule has 2 heterocycles. The summed E-state index contributed by atoms with van der Waals surface area (Å²) in [6, 6.07) is 0. The average molecular weight is 281 g/mol. The van der Waals surface area contributed by atoms with Crippen molar-refractivity contribution in [1.82, 2.24) is 19.7 Å². The Morgan fingerprint density at radius 2 is 2.11 bits per heavy atom. The van der Waals surface area contributed by atoms with Gasteiger partial charge in [-0.15, -0.1) is 0 Å². The highest BCUT2D eigenvalue weighted by molar-refractivity contribution is 6.33. The maximum absolute atomic E-state index is 6.14. The fourth-order valence-corrected chi connectivity index (χ4v) is 2.75. The Balaban J connectivity index is 1.75. The maximum Gasteiger partial charge on any atom is 0.162 e. The zero-order valence-electron chi connectivity index (χ0n) is 11.0. The molecule has 102 valence electrons. The molecule has 1 aliphatic carbocycles. The molecule has 6 heteroatoms. The van der Waals surface area contributed by atoms with Crippen molar-refractivity contribution in [3.8, 4) is 0 Å². The SMILES string of the molecule is Cn1ncc2c(Cl)nc(COC3CCCCC3)nc21. The number of hydrogen-bond donors (Lipinski definition) is 0. The number of rotatable bonds is 3. The van der Waals surface area contributed by atoms with Gasteiger partial charge < -0.3 is 4.74 Å². The van der Waals surface area contributed by atoms with Crippen molar-refractivity contribution in [3.63, 3.8) is 0 Å². The lowest BCUT2D eigenvalue weighted by Gasteiger charge is -2.21. The lowest BCUT2D eigenvalue weighted by Crippen LogP contribution is -2.17. The molecule has 1 aliphatic rings. The van der Waals surface area contributed by atoms with E-state index in [4.69, 9.17) is 16.3 Å². The van der Waals surface area contributed by atoms with Gasteiger partial charge in [-0.3, -0.25) is 4.68 Å². The summed E-state index contributed by atoms with van der Waals surface area (Å²) in [6.07, 6.45) is 8.15. The number of halogens is 1. The molecule has 0 aromatic carbocycles. The third-order valence-corrected chi connectivity index (χ3v) is 3.88. The van der Waals surface area contributed by atoms with Gasteiger partial charge in [-0.25, -0.2) is 9.97 Å². The summed E-state index contributed by atoms with van der Waals surface area (Å²) in [6.45, 7) is 0.422. The average Bonchev–Trinajstić information content (AvgIpc) is 2.80. The first-order valence-electron chi connectivity index (χ1n) is 6.70. The van der Waals surface area contributed by atoms with Crippen LogP contribution in [0.4, 0.5) is 0 Å². The summed E-state index contributed by atoms with van der Waals surface area (Å²) in [4.78, 5) is 8.73. The Morgan fingerprint density at radius 3 is 2.89 bits per heavy atom. The molecule has 5 nitrogen and oxygen atoms in total. The second-order valence-corrected chi connectivity index (χ2v) is 5.37. The molecular weight excluding hydrogens is 264 g/mol. The van der Waals surface area contributed by atoms with Crippen LogP contribution in [0.15, 0.2) is 6.20 Å². The van der Waals surface area contributed by atoms with Gasteiger partial charge in [0.05, 0.1) is 17.7 Å². The first-order valence-corrected chi connectivity index (χ1v) is 7.07. The monoisotopic (exact) mass is 280 g/mol. The Morgan fingerprint density at radius 1 is 1.32 bits per heavy atom. The molecule has 0 aliphatic heterocycles. The second kappa shape index (κ2) is 5.43. The Bertz CT molecular complexity index is 577. The fourth-order valence-electron chi connectivity index (χ4n) is 2.52. The van der Waals surface area contributed by atoms with E-state index in [2.05, 4.69) is 15.1 Å². The van der Waals surface area contributed by atoms with E-state index in [1.54, 1.807) is 10.9 Å². The lowest BCUT2D eigenvalue weighted by molar-refractivity contribution is 0.0136. The standard InChI is InChI=1S/C13H17ClN4O/c1-18-13-10(7-15-18)12(14)16-11(17-13)8-19-9-5-3-2-4-6-9/h7,9H,2-6,8H2,1H3. The van der Waals surface area contributed by atoms with Crippen molar-refractivity contribution in [2.24, 2.45) is 7.05 Å². The van der Waals surface area contributed by atoms with E-state index in [1.165, 1.54) is 19.3 Å². The zero-order valence-corrected chi connectivity index (χ0v) is 11.7. The van der Waals surface area contributed by atoms with Crippen molar-refractivity contribution in [2.45, 2.75) is 44.8 Å². The third kappa shape index (κ3) is 2.72. The Kier molecular flexibility index (Phi) is 3.66. The lowest BCUT2D eigenvalue weighted by atomic mass is 9.98. The van der Waals surface area contributed by atoms with Crippen LogP contribution in [-0.2, 0) is 18.4 Å². The van der Waals surface area contributed by atoms with Crippen LogP contribution >= 0.6 is 11.6 Å². The summed E-state index contributed by atoms with van der Waals surface area (Å²) >= 11 is 6.14. The number of aryl methyl sites for hydroxylation is 1. The van der Waals surface area contributed by atoms with Crippen LogP contribution in [0.5, 0.6) is 0 Å². The summed E-state index contributed by atoms with van der Waals surface area (Å²) in [5.74, 6) is 0.631. The first-order chi connectivity index (χ1) is 9.24. The minimum Gasteiger partial charge on any atom is -0.370 e. The van der Waals surface area contributed by atoms with Crippen LogP contribution in [-0.4, -0.2) is 25.9 Å². The first kappa shape index (κ1) is 12.8. The molecule has 0 spiro atoms. The van der Waals surface area contributed by atoms with Gasteiger partial charge in [0.15, 0.2) is 11.5 Å².